The van der Waals surface area contributed by atoms with Crippen molar-refractivity contribution in [3.05, 3.63) is 41.7 Å². The molecule has 2 aliphatic heterocycles. The van der Waals surface area contributed by atoms with E-state index in [1.165, 1.54) is 6.42 Å². The topological polar surface area (TPSA) is 69.0 Å². The quantitative estimate of drug-likeness (QED) is 0.911. The SMILES string of the molecule is N#Cc1ccc2cnc(C(=O)NC3CN4CC[C@H]3C4)cc2c1. The molecule has 1 N–H and O–H groups in total. The zero-order chi connectivity index (χ0) is 15.1. The first kappa shape index (κ1) is 13.2. The molecule has 0 saturated carbocycles. The summed E-state index contributed by atoms with van der Waals surface area (Å²) < 4.78 is 0. The van der Waals surface area contributed by atoms with Crippen LogP contribution in [0.25, 0.3) is 10.8 Å². The zero-order valence-corrected chi connectivity index (χ0v) is 12.1. The van der Waals surface area contributed by atoms with E-state index >= 15 is 0 Å². The fourth-order valence-corrected chi connectivity index (χ4v) is 3.52. The van der Waals surface area contributed by atoms with Crippen molar-refractivity contribution in [2.24, 2.45) is 5.92 Å². The van der Waals surface area contributed by atoms with Crippen molar-refractivity contribution in [2.45, 2.75) is 12.5 Å². The average Bonchev–Trinajstić information content (AvgIpc) is 3.16. The number of carbonyl (C=O) groups excluding carboxylic acids is 1. The number of carbonyl (C=O) groups is 1. The molecule has 1 aromatic carbocycles. The molecule has 2 bridgehead atoms. The molecule has 5 heteroatoms. The van der Waals surface area contributed by atoms with Gasteiger partial charge in [-0.05, 0) is 42.5 Å². The first-order valence-corrected chi connectivity index (χ1v) is 7.56. The molecule has 22 heavy (non-hydrogen) atoms. The number of pyridine rings is 1. The van der Waals surface area contributed by atoms with E-state index < -0.39 is 0 Å². The minimum absolute atomic E-state index is 0.122. The third-order valence-corrected chi connectivity index (χ3v) is 4.73. The Kier molecular flexibility index (Phi) is 3.05. The van der Waals surface area contributed by atoms with Crippen LogP contribution in [-0.2, 0) is 0 Å². The van der Waals surface area contributed by atoms with E-state index in [-0.39, 0.29) is 11.9 Å². The monoisotopic (exact) mass is 292 g/mol. The number of benzene rings is 1. The van der Waals surface area contributed by atoms with Crippen molar-refractivity contribution < 1.29 is 4.79 Å². The highest BCUT2D eigenvalue weighted by Gasteiger charge is 2.38. The molecule has 2 unspecified atom stereocenters. The lowest BCUT2D eigenvalue weighted by molar-refractivity contribution is 0.0919. The Labute approximate surface area is 128 Å². The minimum atomic E-state index is -0.122. The standard InChI is InChI=1S/C17H16N4O/c18-7-11-1-2-12-8-19-15(6-14(12)5-11)17(22)20-16-10-21-4-3-13(16)9-21/h1-2,5-6,8,13,16H,3-4,9-10H2,(H,20,22)/t13-,16?/m0/s1. The lowest BCUT2D eigenvalue weighted by Crippen LogP contribution is -2.43. The maximum Gasteiger partial charge on any atom is 0.270 e. The van der Waals surface area contributed by atoms with Crippen LogP contribution in [0.3, 0.4) is 0 Å². The lowest BCUT2D eigenvalue weighted by Gasteiger charge is -2.22. The van der Waals surface area contributed by atoms with Crippen molar-refractivity contribution in [3.63, 3.8) is 0 Å². The van der Waals surface area contributed by atoms with Gasteiger partial charge < -0.3 is 10.2 Å². The van der Waals surface area contributed by atoms with Crippen LogP contribution < -0.4 is 5.32 Å². The van der Waals surface area contributed by atoms with Crippen LogP contribution in [0, 0.1) is 17.2 Å². The highest BCUT2D eigenvalue weighted by Crippen LogP contribution is 2.28. The van der Waals surface area contributed by atoms with Gasteiger partial charge in [0.2, 0.25) is 0 Å². The second kappa shape index (κ2) is 5.08. The molecule has 5 nitrogen and oxygen atoms in total. The van der Waals surface area contributed by atoms with Gasteiger partial charge in [-0.3, -0.25) is 9.78 Å². The van der Waals surface area contributed by atoms with Crippen molar-refractivity contribution in [3.8, 4) is 6.07 Å². The van der Waals surface area contributed by atoms with Gasteiger partial charge >= 0.3 is 0 Å². The Bertz CT molecular complexity index is 795. The van der Waals surface area contributed by atoms with Gasteiger partial charge in [0.05, 0.1) is 11.6 Å². The molecule has 110 valence electrons. The Hall–Kier alpha value is -2.45. The Morgan fingerprint density at radius 2 is 2.23 bits per heavy atom. The fraction of sp³-hybridized carbons (Fsp3) is 0.353. The number of nitrogens with one attached hydrogen (secondary N) is 1. The summed E-state index contributed by atoms with van der Waals surface area (Å²) in [7, 11) is 0. The van der Waals surface area contributed by atoms with Gasteiger partial charge in [0.15, 0.2) is 0 Å². The number of fused-ring (bicyclic) bond motifs is 3. The number of nitrogens with zero attached hydrogens (tertiary/aromatic N) is 3. The van der Waals surface area contributed by atoms with Gasteiger partial charge in [0, 0.05) is 30.7 Å². The largest absolute Gasteiger partial charge is 0.346 e. The molecule has 2 fully saturated rings. The molecule has 4 rings (SSSR count). The van der Waals surface area contributed by atoms with Gasteiger partial charge in [0.25, 0.3) is 5.91 Å². The summed E-state index contributed by atoms with van der Waals surface area (Å²) in [5, 5.41) is 13.9. The molecule has 3 heterocycles. The molecule has 0 radical (unpaired) electrons. The summed E-state index contributed by atoms with van der Waals surface area (Å²) >= 11 is 0. The summed E-state index contributed by atoms with van der Waals surface area (Å²) in [4.78, 5) is 19.1. The molecular weight excluding hydrogens is 276 g/mol. The van der Waals surface area contributed by atoms with Crippen molar-refractivity contribution in [1.82, 2.24) is 15.2 Å². The third kappa shape index (κ3) is 2.22. The fourth-order valence-electron chi connectivity index (χ4n) is 3.52. The molecule has 3 atom stereocenters. The Morgan fingerprint density at radius 1 is 1.32 bits per heavy atom. The van der Waals surface area contributed by atoms with Gasteiger partial charge in [-0.15, -0.1) is 0 Å². The smallest absolute Gasteiger partial charge is 0.270 e. The summed E-state index contributed by atoms with van der Waals surface area (Å²) in [5.74, 6) is 0.456. The number of hydrogen-bond donors (Lipinski definition) is 1. The molecular formula is C17H16N4O. The molecule has 0 aliphatic carbocycles. The number of nitriles is 1. The van der Waals surface area contributed by atoms with Crippen LogP contribution in [0.5, 0.6) is 0 Å². The summed E-state index contributed by atoms with van der Waals surface area (Å²) in [6.07, 6.45) is 2.86. The number of piperidine rings is 1. The summed E-state index contributed by atoms with van der Waals surface area (Å²) in [6, 6.07) is 9.52. The van der Waals surface area contributed by atoms with Crippen LogP contribution >= 0.6 is 0 Å². The summed E-state index contributed by atoms with van der Waals surface area (Å²) in [5.41, 5.74) is 1.01. The summed E-state index contributed by atoms with van der Waals surface area (Å²) in [6.45, 7) is 3.20. The van der Waals surface area contributed by atoms with Gasteiger partial charge in [-0.2, -0.15) is 5.26 Å². The van der Waals surface area contributed by atoms with Crippen LogP contribution in [0.4, 0.5) is 0 Å². The highest BCUT2D eigenvalue weighted by molar-refractivity contribution is 5.96. The van der Waals surface area contributed by atoms with E-state index in [9.17, 15) is 4.79 Å². The molecule has 2 aromatic rings. The second-order valence-corrected chi connectivity index (χ2v) is 6.13. The molecule has 2 aliphatic rings. The van der Waals surface area contributed by atoms with Crippen LogP contribution in [0.1, 0.15) is 22.5 Å². The van der Waals surface area contributed by atoms with E-state index in [0.717, 1.165) is 30.4 Å². The van der Waals surface area contributed by atoms with Gasteiger partial charge in [-0.1, -0.05) is 6.07 Å². The average molecular weight is 292 g/mol. The number of hydrogen-bond acceptors (Lipinski definition) is 4. The Morgan fingerprint density at radius 3 is 2.95 bits per heavy atom. The van der Waals surface area contributed by atoms with E-state index in [1.807, 2.05) is 6.07 Å². The minimum Gasteiger partial charge on any atom is -0.346 e. The zero-order valence-electron chi connectivity index (χ0n) is 12.1. The molecule has 0 spiro atoms. The van der Waals surface area contributed by atoms with E-state index in [2.05, 4.69) is 21.3 Å². The third-order valence-electron chi connectivity index (χ3n) is 4.73. The number of rotatable bonds is 2. The number of aromatic nitrogens is 1. The van der Waals surface area contributed by atoms with Crippen molar-refractivity contribution >= 4 is 16.7 Å². The van der Waals surface area contributed by atoms with E-state index in [0.29, 0.717) is 17.2 Å². The number of amides is 1. The first-order valence-electron chi connectivity index (χ1n) is 7.56. The maximum atomic E-state index is 12.4. The highest BCUT2D eigenvalue weighted by atomic mass is 16.2. The van der Waals surface area contributed by atoms with Crippen molar-refractivity contribution in [1.29, 1.82) is 5.26 Å². The lowest BCUT2D eigenvalue weighted by atomic mass is 10.00. The molecule has 1 aromatic heterocycles. The van der Waals surface area contributed by atoms with Crippen LogP contribution in [0.2, 0.25) is 0 Å². The molecule has 1 amide bonds. The normalized spacial score (nSPS) is 26.0. The van der Waals surface area contributed by atoms with Gasteiger partial charge in [-0.25, -0.2) is 0 Å². The first-order chi connectivity index (χ1) is 10.7. The van der Waals surface area contributed by atoms with Crippen LogP contribution in [0.15, 0.2) is 30.5 Å². The maximum absolute atomic E-state index is 12.4. The van der Waals surface area contributed by atoms with Gasteiger partial charge in [0.1, 0.15) is 5.69 Å². The Balaban J connectivity index is 1.57. The predicted octanol–water partition coefficient (Wildman–Crippen LogP) is 1.54. The second-order valence-electron chi connectivity index (χ2n) is 6.13. The predicted molar refractivity (Wildman–Crippen MR) is 82.3 cm³/mol. The van der Waals surface area contributed by atoms with Crippen LogP contribution in [-0.4, -0.2) is 41.5 Å². The van der Waals surface area contributed by atoms with E-state index in [4.69, 9.17) is 5.26 Å². The van der Waals surface area contributed by atoms with Crippen molar-refractivity contribution in [2.75, 3.05) is 19.6 Å². The van der Waals surface area contributed by atoms with E-state index in [1.54, 1.807) is 24.4 Å². The molecule has 2 saturated heterocycles.